The highest BCUT2D eigenvalue weighted by Gasteiger charge is 2.41. The van der Waals surface area contributed by atoms with Crippen LogP contribution in [-0.2, 0) is 23.9 Å². The second-order valence-electron chi connectivity index (χ2n) is 10.4. The van der Waals surface area contributed by atoms with Gasteiger partial charge in [0.15, 0.2) is 0 Å². The minimum atomic E-state index is -1.14. The second kappa shape index (κ2) is 13.9. The van der Waals surface area contributed by atoms with Crippen molar-refractivity contribution in [1.29, 1.82) is 0 Å². The van der Waals surface area contributed by atoms with Crippen molar-refractivity contribution in [1.82, 2.24) is 20.9 Å². The van der Waals surface area contributed by atoms with Crippen LogP contribution in [0.1, 0.15) is 53.5 Å². The number of esters is 1. The fourth-order valence-corrected chi connectivity index (χ4v) is 4.31. The van der Waals surface area contributed by atoms with Crippen LogP contribution >= 0.6 is 0 Å². The van der Waals surface area contributed by atoms with Crippen molar-refractivity contribution in [3.63, 3.8) is 0 Å². The van der Waals surface area contributed by atoms with Gasteiger partial charge in [0.1, 0.15) is 36.1 Å². The molecule has 10 heteroatoms. The molecule has 5 atom stereocenters. The molecule has 2 heterocycles. The monoisotopic (exact) mass is 530 g/mol. The molecule has 10 nitrogen and oxygen atoms in total. The number of likely N-dealkylation sites (N-methyl/N-ethyl adjacent to an activating group) is 1. The number of hydrogen-bond donors (Lipinski definition) is 3. The lowest BCUT2D eigenvalue weighted by molar-refractivity contribution is -0.156. The summed E-state index contributed by atoms with van der Waals surface area (Å²) in [5, 5.41) is 8.35. The number of fused-ring (bicyclic) bond motifs is 10. The highest BCUT2D eigenvalue weighted by Crippen LogP contribution is 2.22. The Hall–Kier alpha value is -3.40. The van der Waals surface area contributed by atoms with Crippen LogP contribution in [0.2, 0.25) is 0 Å². The summed E-state index contributed by atoms with van der Waals surface area (Å²) < 4.78 is 11.8. The van der Waals surface area contributed by atoms with E-state index in [4.69, 9.17) is 9.47 Å². The summed E-state index contributed by atoms with van der Waals surface area (Å²) in [7, 11) is 3.42. The molecule has 3 amide bonds. The lowest BCUT2D eigenvalue weighted by Gasteiger charge is -2.36. The topological polar surface area (TPSA) is 126 Å². The van der Waals surface area contributed by atoms with Gasteiger partial charge in [-0.25, -0.2) is 0 Å². The number of amides is 3. The van der Waals surface area contributed by atoms with Crippen LogP contribution in [-0.4, -0.2) is 73.0 Å². The number of rotatable bonds is 8. The van der Waals surface area contributed by atoms with Gasteiger partial charge in [0.2, 0.25) is 17.7 Å². The molecule has 210 valence electrons. The maximum Gasteiger partial charge on any atom is 0.302 e. The van der Waals surface area contributed by atoms with Crippen LogP contribution in [0, 0.1) is 11.8 Å². The van der Waals surface area contributed by atoms with Gasteiger partial charge in [-0.1, -0.05) is 46.8 Å². The van der Waals surface area contributed by atoms with Crippen LogP contribution < -0.4 is 20.7 Å². The van der Waals surface area contributed by atoms with E-state index in [9.17, 15) is 19.2 Å². The Morgan fingerprint density at radius 1 is 1.08 bits per heavy atom. The van der Waals surface area contributed by atoms with Gasteiger partial charge in [-0.3, -0.25) is 24.1 Å². The van der Waals surface area contributed by atoms with Crippen molar-refractivity contribution in [2.24, 2.45) is 11.8 Å². The molecule has 0 saturated heterocycles. The van der Waals surface area contributed by atoms with E-state index in [-0.39, 0.29) is 17.7 Å². The molecule has 0 fully saturated rings. The summed E-state index contributed by atoms with van der Waals surface area (Å²) in [4.78, 5) is 53.7. The summed E-state index contributed by atoms with van der Waals surface area (Å²) in [6.07, 6.45) is 2.10. The minimum Gasteiger partial charge on any atom is -0.487 e. The first-order valence-electron chi connectivity index (χ1n) is 13.0. The number of nitrogens with one attached hydrogen (secondary N) is 3. The Labute approximate surface area is 225 Å². The molecule has 0 aliphatic carbocycles. The Balaban J connectivity index is 2.53. The van der Waals surface area contributed by atoms with Crippen molar-refractivity contribution in [2.75, 3.05) is 14.1 Å². The highest BCUT2D eigenvalue weighted by molar-refractivity contribution is 5.94. The average Bonchev–Trinajstić information content (AvgIpc) is 2.83. The van der Waals surface area contributed by atoms with Gasteiger partial charge in [-0.15, -0.1) is 0 Å². The van der Waals surface area contributed by atoms with E-state index < -0.39 is 48.1 Å². The van der Waals surface area contributed by atoms with Gasteiger partial charge >= 0.3 is 5.97 Å². The molecule has 0 unspecified atom stereocenters. The standard InChI is InChI=1S/C28H42N4O6/c1-9-21-26(34)29-15-14-19-10-12-20(13-11-19)38-24(16(2)3)22(27(35)30-21)31-28(36)23(32(7)8)25(17(4)5)37-18(6)33/h10-17,21-25H,9H2,1-8H3,(H,29,34)(H,30,35)(H,31,36)/t21-,22-,23+,24-,25-/m1/s1. The summed E-state index contributed by atoms with van der Waals surface area (Å²) in [5.41, 5.74) is 0.858. The largest absolute Gasteiger partial charge is 0.487 e. The van der Waals surface area contributed by atoms with Gasteiger partial charge < -0.3 is 25.4 Å². The van der Waals surface area contributed by atoms with Crippen molar-refractivity contribution in [3.05, 3.63) is 36.0 Å². The SMILES string of the molecule is CC[C@H]1NC(=O)[C@H](NC(=O)[C@H]([C@H](OC(C)=O)C(C)C)N(C)C)[C@@H](C(C)C)Oc2ccc(cc2)C=CNC1=O. The number of ether oxygens (including phenoxy) is 2. The van der Waals surface area contributed by atoms with Crippen molar-refractivity contribution in [2.45, 2.75) is 78.3 Å². The molecule has 38 heavy (non-hydrogen) atoms. The Kier molecular flexibility index (Phi) is 11.3. The zero-order valence-corrected chi connectivity index (χ0v) is 23.6. The predicted molar refractivity (Wildman–Crippen MR) is 145 cm³/mol. The van der Waals surface area contributed by atoms with Crippen LogP contribution in [0.25, 0.3) is 6.08 Å². The normalized spacial score (nSPS) is 21.8. The number of carbonyl (C=O) groups is 4. The average molecular weight is 531 g/mol. The maximum absolute atomic E-state index is 13.7. The van der Waals surface area contributed by atoms with E-state index in [1.807, 2.05) is 39.8 Å². The molecular weight excluding hydrogens is 488 g/mol. The molecule has 1 aromatic rings. The molecule has 2 aliphatic rings. The third-order valence-corrected chi connectivity index (χ3v) is 6.36. The lowest BCUT2D eigenvalue weighted by atomic mass is 9.94. The first kappa shape index (κ1) is 30.8. The zero-order chi connectivity index (χ0) is 28.6. The fraction of sp³-hybridized carbons (Fsp3) is 0.571. The number of benzene rings is 1. The minimum absolute atomic E-state index is 0.174. The van der Waals surface area contributed by atoms with Crippen molar-refractivity contribution >= 4 is 29.8 Å². The first-order valence-corrected chi connectivity index (χ1v) is 13.0. The predicted octanol–water partition coefficient (Wildman–Crippen LogP) is 2.09. The molecule has 2 aliphatic heterocycles. The number of carbonyl (C=O) groups excluding carboxylic acids is 4. The third-order valence-electron chi connectivity index (χ3n) is 6.36. The van der Waals surface area contributed by atoms with Gasteiger partial charge in [0, 0.05) is 13.1 Å². The quantitative estimate of drug-likeness (QED) is 0.440. The van der Waals surface area contributed by atoms with Crippen molar-refractivity contribution in [3.8, 4) is 5.75 Å². The molecule has 3 rings (SSSR count). The van der Waals surface area contributed by atoms with E-state index in [1.165, 1.54) is 13.1 Å². The highest BCUT2D eigenvalue weighted by atomic mass is 16.5. The molecule has 2 bridgehead atoms. The van der Waals surface area contributed by atoms with Gasteiger partial charge in [-0.2, -0.15) is 0 Å². The summed E-state index contributed by atoms with van der Waals surface area (Å²) in [5.74, 6) is -1.77. The molecule has 0 radical (unpaired) electrons. The van der Waals surface area contributed by atoms with Gasteiger partial charge in [0.05, 0.1) is 0 Å². The van der Waals surface area contributed by atoms with E-state index in [1.54, 1.807) is 44.1 Å². The maximum atomic E-state index is 13.7. The van der Waals surface area contributed by atoms with E-state index in [2.05, 4.69) is 16.0 Å². The lowest BCUT2D eigenvalue weighted by Crippen LogP contribution is -2.63. The summed E-state index contributed by atoms with van der Waals surface area (Å²) in [6, 6.07) is 4.37. The Morgan fingerprint density at radius 2 is 1.71 bits per heavy atom. The molecule has 0 saturated carbocycles. The number of hydrogen-bond acceptors (Lipinski definition) is 7. The van der Waals surface area contributed by atoms with Crippen molar-refractivity contribution < 1.29 is 28.7 Å². The number of nitrogens with zero attached hydrogens (tertiary/aromatic N) is 1. The Morgan fingerprint density at radius 3 is 2.21 bits per heavy atom. The van der Waals surface area contributed by atoms with Crippen LogP contribution in [0.5, 0.6) is 5.75 Å². The summed E-state index contributed by atoms with van der Waals surface area (Å²) >= 11 is 0. The first-order chi connectivity index (χ1) is 17.8. The molecule has 0 aromatic heterocycles. The molecule has 0 spiro atoms. The van der Waals surface area contributed by atoms with E-state index >= 15 is 0 Å². The zero-order valence-electron chi connectivity index (χ0n) is 23.6. The van der Waals surface area contributed by atoms with Crippen LogP contribution in [0.15, 0.2) is 30.5 Å². The third kappa shape index (κ3) is 8.31. The van der Waals surface area contributed by atoms with E-state index in [0.717, 1.165) is 5.56 Å². The molecular formula is C28H42N4O6. The second-order valence-corrected chi connectivity index (χ2v) is 10.4. The Bertz CT molecular complexity index is 1010. The van der Waals surface area contributed by atoms with E-state index in [0.29, 0.717) is 12.2 Å². The smallest absolute Gasteiger partial charge is 0.302 e. The van der Waals surface area contributed by atoms with Gasteiger partial charge in [-0.05, 0) is 56.1 Å². The van der Waals surface area contributed by atoms with Gasteiger partial charge in [0.25, 0.3) is 0 Å². The van der Waals surface area contributed by atoms with Crippen LogP contribution in [0.4, 0.5) is 0 Å². The molecule has 1 aromatic carbocycles. The fourth-order valence-electron chi connectivity index (χ4n) is 4.31. The van der Waals surface area contributed by atoms with Crippen LogP contribution in [0.3, 0.4) is 0 Å². The molecule has 3 N–H and O–H groups in total. The summed E-state index contributed by atoms with van der Waals surface area (Å²) in [6.45, 7) is 10.6.